The molecule has 1 aromatic heterocycles. The zero-order valence-corrected chi connectivity index (χ0v) is 11.3. The second-order valence-corrected chi connectivity index (χ2v) is 6.17. The highest BCUT2D eigenvalue weighted by molar-refractivity contribution is 6.11. The van der Waals surface area contributed by atoms with E-state index in [0.717, 1.165) is 22.2 Å². The van der Waals surface area contributed by atoms with Crippen LogP contribution in [0.2, 0.25) is 0 Å². The smallest absolute Gasteiger partial charge is 0.168 e. The van der Waals surface area contributed by atoms with Crippen LogP contribution in [0.3, 0.4) is 0 Å². The number of fused-ring (bicyclic) bond motifs is 2. The first kappa shape index (κ1) is 11.3. The molecule has 2 atom stereocenters. The molecule has 1 aromatic carbocycles. The first-order chi connectivity index (χ1) is 9.27. The van der Waals surface area contributed by atoms with Gasteiger partial charge < -0.3 is 4.98 Å². The third-order valence-corrected chi connectivity index (χ3v) is 5.10. The highest BCUT2D eigenvalue weighted by Crippen LogP contribution is 2.57. The van der Waals surface area contributed by atoms with Gasteiger partial charge in [-0.15, -0.1) is 0 Å². The van der Waals surface area contributed by atoms with Crippen molar-refractivity contribution in [2.45, 2.75) is 32.6 Å². The molecule has 2 unspecified atom stereocenters. The number of hydrogen-bond acceptors (Lipinski definition) is 1. The second kappa shape index (κ2) is 3.96. The van der Waals surface area contributed by atoms with Crippen LogP contribution in [-0.4, -0.2) is 10.8 Å². The Morgan fingerprint density at radius 2 is 1.84 bits per heavy atom. The summed E-state index contributed by atoms with van der Waals surface area (Å²) in [6.07, 6.45) is 5.17. The fourth-order valence-corrected chi connectivity index (χ4v) is 4.14. The van der Waals surface area contributed by atoms with Crippen molar-refractivity contribution >= 4 is 16.7 Å². The number of benzene rings is 1. The largest absolute Gasteiger partial charge is 0.358 e. The third kappa shape index (κ3) is 1.59. The monoisotopic (exact) mass is 253 g/mol. The lowest BCUT2D eigenvalue weighted by Crippen LogP contribution is -2.05. The Labute approximate surface area is 113 Å². The number of nitrogens with one attached hydrogen (secondary N) is 1. The average Bonchev–Trinajstić information content (AvgIpc) is 3.05. The Morgan fingerprint density at radius 1 is 1.16 bits per heavy atom. The highest BCUT2D eigenvalue weighted by Gasteiger charge is 2.55. The van der Waals surface area contributed by atoms with E-state index >= 15 is 0 Å². The number of ketones is 1. The van der Waals surface area contributed by atoms with Crippen molar-refractivity contribution in [3.63, 3.8) is 0 Å². The first-order valence-electron chi connectivity index (χ1n) is 7.39. The van der Waals surface area contributed by atoms with E-state index in [-0.39, 0.29) is 0 Å². The zero-order valence-electron chi connectivity index (χ0n) is 11.3. The summed E-state index contributed by atoms with van der Waals surface area (Å²) in [5.74, 6) is 2.09. The van der Waals surface area contributed by atoms with Gasteiger partial charge in [0.2, 0.25) is 0 Å². The Kier molecular flexibility index (Phi) is 2.35. The summed E-state index contributed by atoms with van der Waals surface area (Å²) in [6.45, 7) is 2.03. The van der Waals surface area contributed by atoms with Gasteiger partial charge in [-0.25, -0.2) is 0 Å². The van der Waals surface area contributed by atoms with Gasteiger partial charge in [-0.05, 0) is 37.7 Å². The van der Waals surface area contributed by atoms with Crippen molar-refractivity contribution in [3.05, 3.63) is 35.5 Å². The summed E-state index contributed by atoms with van der Waals surface area (Å²) in [6, 6.07) is 8.16. The molecule has 1 N–H and O–H groups in total. The lowest BCUT2D eigenvalue weighted by molar-refractivity contribution is 0.0957. The zero-order chi connectivity index (χ0) is 13.0. The Morgan fingerprint density at radius 3 is 2.58 bits per heavy atom. The van der Waals surface area contributed by atoms with E-state index in [2.05, 4.69) is 17.1 Å². The number of aromatic amines is 1. The molecule has 2 aliphatic carbocycles. The van der Waals surface area contributed by atoms with E-state index in [1.807, 2.05) is 19.1 Å². The Balaban J connectivity index is 1.74. The SMILES string of the molecule is Cc1[nH]c2ccccc2c1C(=O)C1C2CCCCC21. The summed E-state index contributed by atoms with van der Waals surface area (Å²) >= 11 is 0. The number of carbonyl (C=O) groups is 1. The molecule has 2 aromatic rings. The number of para-hydroxylation sites is 1. The molecular formula is C17H19NO. The van der Waals surface area contributed by atoms with Crippen LogP contribution in [0.4, 0.5) is 0 Å². The van der Waals surface area contributed by atoms with Gasteiger partial charge >= 0.3 is 0 Å². The Bertz CT molecular complexity index is 642. The predicted molar refractivity (Wildman–Crippen MR) is 76.3 cm³/mol. The van der Waals surface area contributed by atoms with Gasteiger partial charge in [-0.2, -0.15) is 0 Å². The lowest BCUT2D eigenvalue weighted by Gasteiger charge is -2.04. The second-order valence-electron chi connectivity index (χ2n) is 6.17. The van der Waals surface area contributed by atoms with Crippen molar-refractivity contribution in [1.82, 2.24) is 4.98 Å². The van der Waals surface area contributed by atoms with Crippen molar-refractivity contribution in [2.24, 2.45) is 17.8 Å². The van der Waals surface area contributed by atoms with Gasteiger partial charge in [-0.1, -0.05) is 31.0 Å². The molecule has 2 nitrogen and oxygen atoms in total. The van der Waals surface area contributed by atoms with Gasteiger partial charge in [0.15, 0.2) is 5.78 Å². The number of H-pyrrole nitrogens is 1. The highest BCUT2D eigenvalue weighted by atomic mass is 16.1. The van der Waals surface area contributed by atoms with Crippen molar-refractivity contribution in [1.29, 1.82) is 0 Å². The minimum Gasteiger partial charge on any atom is -0.358 e. The van der Waals surface area contributed by atoms with Gasteiger partial charge in [0.25, 0.3) is 0 Å². The Hall–Kier alpha value is -1.57. The van der Waals surface area contributed by atoms with E-state index in [9.17, 15) is 4.79 Å². The maximum atomic E-state index is 12.8. The molecule has 2 heteroatoms. The fourth-order valence-electron chi connectivity index (χ4n) is 4.14. The summed E-state index contributed by atoms with van der Waals surface area (Å²) in [5.41, 5.74) is 3.08. The lowest BCUT2D eigenvalue weighted by atomic mass is 10.0. The molecule has 0 amide bonds. The van der Waals surface area contributed by atoms with E-state index in [1.54, 1.807) is 0 Å². The van der Waals surface area contributed by atoms with Crippen molar-refractivity contribution in [2.75, 3.05) is 0 Å². The third-order valence-electron chi connectivity index (χ3n) is 5.10. The van der Waals surface area contributed by atoms with Crippen molar-refractivity contribution in [3.8, 4) is 0 Å². The molecule has 1 heterocycles. The molecule has 0 bridgehead atoms. The molecular weight excluding hydrogens is 234 g/mol. The molecule has 4 rings (SSSR count). The molecule has 0 radical (unpaired) electrons. The fraction of sp³-hybridized carbons (Fsp3) is 0.471. The summed E-state index contributed by atoms with van der Waals surface area (Å²) in [4.78, 5) is 16.2. The molecule has 0 saturated heterocycles. The van der Waals surface area contributed by atoms with Gasteiger partial charge in [0.05, 0.1) is 0 Å². The molecule has 2 saturated carbocycles. The van der Waals surface area contributed by atoms with Crippen LogP contribution in [0, 0.1) is 24.7 Å². The molecule has 0 aliphatic heterocycles. The van der Waals surface area contributed by atoms with Gasteiger partial charge in [0, 0.05) is 28.1 Å². The number of aromatic nitrogens is 1. The molecule has 19 heavy (non-hydrogen) atoms. The number of carbonyl (C=O) groups excluding carboxylic acids is 1. The number of rotatable bonds is 2. The van der Waals surface area contributed by atoms with E-state index in [0.29, 0.717) is 23.5 Å². The predicted octanol–water partition coefficient (Wildman–Crippen LogP) is 4.10. The van der Waals surface area contributed by atoms with Crippen LogP contribution in [0.1, 0.15) is 41.7 Å². The summed E-state index contributed by atoms with van der Waals surface area (Å²) in [7, 11) is 0. The van der Waals surface area contributed by atoms with Crippen LogP contribution < -0.4 is 0 Å². The first-order valence-corrected chi connectivity index (χ1v) is 7.39. The van der Waals surface area contributed by atoms with E-state index in [1.165, 1.54) is 25.7 Å². The maximum absolute atomic E-state index is 12.8. The molecule has 2 fully saturated rings. The van der Waals surface area contributed by atoms with Crippen LogP contribution in [0.25, 0.3) is 10.9 Å². The number of aryl methyl sites for hydroxylation is 1. The summed E-state index contributed by atoms with van der Waals surface area (Å²) in [5, 5.41) is 1.11. The topological polar surface area (TPSA) is 32.9 Å². The number of Topliss-reactive ketones (excluding diaryl/α,β-unsaturated/α-hetero) is 1. The van der Waals surface area contributed by atoms with Crippen LogP contribution in [0.5, 0.6) is 0 Å². The van der Waals surface area contributed by atoms with Gasteiger partial charge in [0.1, 0.15) is 0 Å². The van der Waals surface area contributed by atoms with Gasteiger partial charge in [-0.3, -0.25) is 4.79 Å². The average molecular weight is 253 g/mol. The van der Waals surface area contributed by atoms with Crippen LogP contribution in [-0.2, 0) is 0 Å². The van der Waals surface area contributed by atoms with Crippen molar-refractivity contribution < 1.29 is 4.79 Å². The normalized spacial score (nSPS) is 29.2. The minimum absolute atomic E-state index is 0.320. The van der Waals surface area contributed by atoms with E-state index < -0.39 is 0 Å². The maximum Gasteiger partial charge on any atom is 0.168 e. The van der Waals surface area contributed by atoms with E-state index in [4.69, 9.17) is 0 Å². The molecule has 2 aliphatic rings. The van der Waals surface area contributed by atoms with Crippen LogP contribution in [0.15, 0.2) is 24.3 Å². The summed E-state index contributed by atoms with van der Waals surface area (Å²) < 4.78 is 0. The molecule has 0 spiro atoms. The quantitative estimate of drug-likeness (QED) is 0.803. The van der Waals surface area contributed by atoms with Crippen LogP contribution >= 0.6 is 0 Å². The number of hydrogen-bond donors (Lipinski definition) is 1. The standard InChI is InChI=1S/C17H19NO/c1-10-15(13-8-4-5-9-14(13)18-10)17(19)16-11-6-2-3-7-12(11)16/h4-5,8-9,11-12,16,18H,2-3,6-7H2,1H3. The minimum atomic E-state index is 0.320. The molecule has 98 valence electrons.